The van der Waals surface area contributed by atoms with Crippen LogP contribution in [0, 0.1) is 11.8 Å². The SMILES string of the molecule is O=C(NCc1nnc2n1CCC2)[C@H]1CCC(=O)N(CC2CCCCC2)C1. The molecule has 1 N–H and O–H groups in total. The van der Waals surface area contributed by atoms with Gasteiger partial charge in [0.05, 0.1) is 12.5 Å². The van der Waals surface area contributed by atoms with Gasteiger partial charge >= 0.3 is 0 Å². The lowest BCUT2D eigenvalue weighted by molar-refractivity contribution is -0.139. The Morgan fingerprint density at radius 2 is 1.92 bits per heavy atom. The summed E-state index contributed by atoms with van der Waals surface area (Å²) in [6.45, 7) is 2.78. The van der Waals surface area contributed by atoms with Gasteiger partial charge in [0.15, 0.2) is 5.82 Å². The van der Waals surface area contributed by atoms with Gasteiger partial charge in [0, 0.05) is 32.5 Å². The molecule has 0 radical (unpaired) electrons. The van der Waals surface area contributed by atoms with Crippen molar-refractivity contribution in [2.75, 3.05) is 13.1 Å². The first-order valence-corrected chi connectivity index (χ1v) is 10.2. The smallest absolute Gasteiger partial charge is 0.225 e. The number of aryl methyl sites for hydroxylation is 1. The summed E-state index contributed by atoms with van der Waals surface area (Å²) in [6, 6.07) is 0. The summed E-state index contributed by atoms with van der Waals surface area (Å²) in [7, 11) is 0. The number of carbonyl (C=O) groups excluding carboxylic acids is 2. The first kappa shape index (κ1) is 17.5. The Bertz CT molecular complexity index is 665. The summed E-state index contributed by atoms with van der Waals surface area (Å²) in [5.74, 6) is 2.65. The zero-order valence-electron chi connectivity index (χ0n) is 15.5. The molecular formula is C19H29N5O2. The van der Waals surface area contributed by atoms with Crippen molar-refractivity contribution in [1.29, 1.82) is 0 Å². The minimum atomic E-state index is -0.0998. The van der Waals surface area contributed by atoms with Gasteiger partial charge in [-0.15, -0.1) is 10.2 Å². The van der Waals surface area contributed by atoms with Gasteiger partial charge in [0.25, 0.3) is 0 Å². The zero-order chi connectivity index (χ0) is 17.9. The highest BCUT2D eigenvalue weighted by Gasteiger charge is 2.32. The summed E-state index contributed by atoms with van der Waals surface area (Å²) >= 11 is 0. The number of amides is 2. The van der Waals surface area contributed by atoms with Gasteiger partial charge < -0.3 is 14.8 Å². The van der Waals surface area contributed by atoms with Crippen LogP contribution in [0.15, 0.2) is 0 Å². The lowest BCUT2D eigenvalue weighted by Crippen LogP contribution is -2.47. The molecule has 0 spiro atoms. The first-order valence-electron chi connectivity index (χ1n) is 10.2. The molecule has 1 atom stereocenters. The molecule has 1 saturated carbocycles. The summed E-state index contributed by atoms with van der Waals surface area (Å²) in [6.07, 6.45) is 9.54. The average molecular weight is 359 g/mol. The first-order chi connectivity index (χ1) is 12.7. The standard InChI is InChI=1S/C19H29N5O2/c25-18-9-8-15(13-23(18)12-14-5-2-1-3-6-14)19(26)20-11-17-22-21-16-7-4-10-24(16)17/h14-15H,1-13H2,(H,20,26)/t15-/m0/s1. The number of rotatable bonds is 5. The maximum Gasteiger partial charge on any atom is 0.225 e. The fourth-order valence-electron chi connectivity index (χ4n) is 4.64. The molecular weight excluding hydrogens is 330 g/mol. The van der Waals surface area contributed by atoms with Gasteiger partial charge in [-0.2, -0.15) is 0 Å². The molecule has 0 bridgehead atoms. The molecule has 3 heterocycles. The summed E-state index contributed by atoms with van der Waals surface area (Å²) in [4.78, 5) is 26.9. The minimum absolute atomic E-state index is 0.0430. The molecule has 142 valence electrons. The van der Waals surface area contributed by atoms with Crippen molar-refractivity contribution in [3.05, 3.63) is 11.6 Å². The normalized spacial score (nSPS) is 23.9. The molecule has 4 rings (SSSR count). The molecule has 3 aliphatic rings. The Labute approximate surface area is 154 Å². The van der Waals surface area contributed by atoms with Crippen LogP contribution < -0.4 is 5.32 Å². The zero-order valence-corrected chi connectivity index (χ0v) is 15.5. The Kier molecular flexibility index (Phi) is 5.22. The molecule has 1 aliphatic carbocycles. The largest absolute Gasteiger partial charge is 0.348 e. The van der Waals surface area contributed by atoms with Gasteiger partial charge in [0.1, 0.15) is 5.82 Å². The van der Waals surface area contributed by atoms with Gasteiger partial charge in [-0.1, -0.05) is 19.3 Å². The fraction of sp³-hybridized carbons (Fsp3) is 0.789. The Morgan fingerprint density at radius 3 is 2.77 bits per heavy atom. The third-order valence-electron chi connectivity index (χ3n) is 6.18. The van der Waals surface area contributed by atoms with Crippen LogP contribution in [0.3, 0.4) is 0 Å². The Balaban J connectivity index is 1.30. The molecule has 26 heavy (non-hydrogen) atoms. The fourth-order valence-corrected chi connectivity index (χ4v) is 4.64. The van der Waals surface area contributed by atoms with Crippen molar-refractivity contribution < 1.29 is 9.59 Å². The summed E-state index contributed by atoms with van der Waals surface area (Å²) in [5.41, 5.74) is 0. The molecule has 7 nitrogen and oxygen atoms in total. The van der Waals surface area contributed by atoms with E-state index < -0.39 is 0 Å². The van der Waals surface area contributed by atoms with Gasteiger partial charge in [-0.05, 0) is 31.6 Å². The number of piperidine rings is 1. The number of nitrogens with zero attached hydrogens (tertiary/aromatic N) is 4. The minimum Gasteiger partial charge on any atom is -0.348 e. The number of carbonyl (C=O) groups is 2. The number of hydrogen-bond donors (Lipinski definition) is 1. The molecule has 7 heteroatoms. The number of fused-ring (bicyclic) bond motifs is 1. The second-order valence-electron chi connectivity index (χ2n) is 8.04. The monoisotopic (exact) mass is 359 g/mol. The van der Waals surface area contributed by atoms with Crippen molar-refractivity contribution in [3.63, 3.8) is 0 Å². The lowest BCUT2D eigenvalue weighted by atomic mass is 9.87. The van der Waals surface area contributed by atoms with Gasteiger partial charge in [-0.25, -0.2) is 0 Å². The molecule has 0 unspecified atom stereocenters. The topological polar surface area (TPSA) is 80.1 Å². The van der Waals surface area contributed by atoms with Crippen molar-refractivity contribution >= 4 is 11.8 Å². The molecule has 1 saturated heterocycles. The maximum atomic E-state index is 12.6. The van der Waals surface area contributed by atoms with Gasteiger partial charge in [-0.3, -0.25) is 9.59 Å². The highest BCUT2D eigenvalue weighted by molar-refractivity contribution is 5.83. The maximum absolute atomic E-state index is 12.6. The van der Waals surface area contributed by atoms with E-state index in [-0.39, 0.29) is 17.7 Å². The average Bonchev–Trinajstić information content (AvgIpc) is 3.26. The van der Waals surface area contributed by atoms with Crippen LogP contribution >= 0.6 is 0 Å². The van der Waals surface area contributed by atoms with Crippen molar-refractivity contribution in [2.24, 2.45) is 11.8 Å². The number of aromatic nitrogens is 3. The third kappa shape index (κ3) is 3.76. The second-order valence-corrected chi connectivity index (χ2v) is 8.04. The predicted octanol–water partition coefficient (Wildman–Crippen LogP) is 1.66. The van der Waals surface area contributed by atoms with Crippen LogP contribution in [0.1, 0.15) is 63.0 Å². The van der Waals surface area contributed by atoms with E-state index in [1.165, 1.54) is 32.1 Å². The Morgan fingerprint density at radius 1 is 1.08 bits per heavy atom. The lowest BCUT2D eigenvalue weighted by Gasteiger charge is -2.35. The van der Waals surface area contributed by atoms with Crippen LogP contribution in [-0.2, 0) is 29.1 Å². The summed E-state index contributed by atoms with van der Waals surface area (Å²) < 4.78 is 2.11. The molecule has 2 fully saturated rings. The molecule has 2 aliphatic heterocycles. The van der Waals surface area contributed by atoms with Crippen LogP contribution in [0.5, 0.6) is 0 Å². The highest BCUT2D eigenvalue weighted by atomic mass is 16.2. The van der Waals surface area contributed by atoms with Crippen LogP contribution in [0.4, 0.5) is 0 Å². The van der Waals surface area contributed by atoms with Gasteiger partial charge in [0.2, 0.25) is 11.8 Å². The molecule has 2 amide bonds. The van der Waals surface area contributed by atoms with Crippen LogP contribution in [0.25, 0.3) is 0 Å². The van der Waals surface area contributed by atoms with E-state index in [0.29, 0.717) is 31.8 Å². The van der Waals surface area contributed by atoms with E-state index in [1.54, 1.807) is 0 Å². The van der Waals surface area contributed by atoms with E-state index in [2.05, 4.69) is 20.1 Å². The van der Waals surface area contributed by atoms with Crippen molar-refractivity contribution in [1.82, 2.24) is 25.0 Å². The van der Waals surface area contributed by atoms with E-state index in [0.717, 1.165) is 37.6 Å². The van der Waals surface area contributed by atoms with Crippen molar-refractivity contribution in [2.45, 2.75) is 70.9 Å². The van der Waals surface area contributed by atoms with E-state index in [4.69, 9.17) is 0 Å². The molecule has 0 aromatic carbocycles. The molecule has 1 aromatic rings. The third-order valence-corrected chi connectivity index (χ3v) is 6.18. The van der Waals surface area contributed by atoms with E-state index >= 15 is 0 Å². The van der Waals surface area contributed by atoms with E-state index in [9.17, 15) is 9.59 Å². The highest BCUT2D eigenvalue weighted by Crippen LogP contribution is 2.27. The van der Waals surface area contributed by atoms with Crippen molar-refractivity contribution in [3.8, 4) is 0 Å². The van der Waals surface area contributed by atoms with E-state index in [1.807, 2.05) is 4.90 Å². The molecule has 1 aromatic heterocycles. The van der Waals surface area contributed by atoms with Crippen LogP contribution in [0.2, 0.25) is 0 Å². The predicted molar refractivity (Wildman–Crippen MR) is 96.1 cm³/mol. The summed E-state index contributed by atoms with van der Waals surface area (Å²) in [5, 5.41) is 11.4. The van der Waals surface area contributed by atoms with Crippen LogP contribution in [-0.4, -0.2) is 44.6 Å². The quantitative estimate of drug-likeness (QED) is 0.867. The number of nitrogens with one attached hydrogen (secondary N) is 1. The number of likely N-dealkylation sites (tertiary alicyclic amines) is 1. The number of hydrogen-bond acceptors (Lipinski definition) is 4. The Hall–Kier alpha value is -1.92. The second kappa shape index (κ2) is 7.76.